The number of para-hydroxylation sites is 1. The van der Waals surface area contributed by atoms with Crippen LogP contribution in [0.2, 0.25) is 0 Å². The number of carbonyl (C=O) groups excluding carboxylic acids is 4. The summed E-state index contributed by atoms with van der Waals surface area (Å²) in [4.78, 5) is 58.2. The zero-order valence-corrected chi connectivity index (χ0v) is 22.7. The predicted molar refractivity (Wildman–Crippen MR) is 140 cm³/mol. The normalized spacial score (nSPS) is 24.9. The molecular weight excluding hydrogens is 474 g/mol. The Kier molecular flexibility index (Phi) is 9.91. The van der Waals surface area contributed by atoms with Gasteiger partial charge in [0.05, 0.1) is 11.6 Å². The third-order valence-corrected chi connectivity index (χ3v) is 7.42. The largest absolute Gasteiger partial charge is 0.491 e. The van der Waals surface area contributed by atoms with Gasteiger partial charge < -0.3 is 30.1 Å². The van der Waals surface area contributed by atoms with E-state index in [0.717, 1.165) is 19.6 Å². The van der Waals surface area contributed by atoms with E-state index in [-0.39, 0.29) is 49.1 Å². The van der Waals surface area contributed by atoms with E-state index >= 15 is 0 Å². The lowest BCUT2D eigenvalue weighted by Gasteiger charge is -2.36. The van der Waals surface area contributed by atoms with Gasteiger partial charge in [-0.2, -0.15) is 0 Å². The number of amides is 4. The van der Waals surface area contributed by atoms with Crippen LogP contribution in [-0.4, -0.2) is 103 Å². The Morgan fingerprint density at radius 1 is 1.08 bits per heavy atom. The summed E-state index contributed by atoms with van der Waals surface area (Å²) in [7, 11) is 1.58. The first-order chi connectivity index (χ1) is 17.6. The number of nitrogens with zero attached hydrogens (tertiary/aromatic N) is 3. The van der Waals surface area contributed by atoms with Gasteiger partial charge in [0.2, 0.25) is 17.7 Å². The average Bonchev–Trinajstić information content (AvgIpc) is 2.91. The quantitative estimate of drug-likeness (QED) is 0.624. The number of nitrogens with one attached hydrogen (secondary N) is 2. The van der Waals surface area contributed by atoms with Crippen molar-refractivity contribution in [3.05, 3.63) is 29.8 Å². The predicted octanol–water partition coefficient (Wildman–Crippen LogP) is 1.11. The summed E-state index contributed by atoms with van der Waals surface area (Å²) in [5, 5.41) is 5.86. The first-order valence-electron chi connectivity index (χ1n) is 13.2. The molecule has 37 heavy (non-hydrogen) atoms. The van der Waals surface area contributed by atoms with Crippen LogP contribution in [0.1, 0.15) is 50.9 Å². The maximum absolute atomic E-state index is 13.5. The van der Waals surface area contributed by atoms with E-state index in [1.54, 1.807) is 43.1 Å². The van der Waals surface area contributed by atoms with Gasteiger partial charge in [0.25, 0.3) is 5.91 Å². The van der Waals surface area contributed by atoms with Crippen molar-refractivity contribution in [3.8, 4) is 5.75 Å². The molecular formula is C27H41N5O5. The average molecular weight is 516 g/mol. The van der Waals surface area contributed by atoms with Gasteiger partial charge in [0.15, 0.2) is 0 Å². The van der Waals surface area contributed by atoms with Gasteiger partial charge in [-0.1, -0.05) is 32.9 Å². The first-order valence-corrected chi connectivity index (χ1v) is 13.2. The number of benzene rings is 1. The van der Waals surface area contributed by atoms with Gasteiger partial charge in [-0.25, -0.2) is 0 Å². The Morgan fingerprint density at radius 3 is 2.41 bits per heavy atom. The summed E-state index contributed by atoms with van der Waals surface area (Å²) in [6.07, 6.45) is 0.152. The highest BCUT2D eigenvalue weighted by atomic mass is 16.5. The minimum Gasteiger partial charge on any atom is -0.491 e. The topological polar surface area (TPSA) is 111 Å². The van der Waals surface area contributed by atoms with E-state index in [4.69, 9.17) is 4.74 Å². The highest BCUT2D eigenvalue weighted by Gasteiger charge is 2.32. The fraction of sp³-hybridized carbons (Fsp3) is 0.630. The Hall–Kier alpha value is -3.14. The smallest absolute Gasteiger partial charge is 0.255 e. The number of piperazine rings is 1. The Balaban J connectivity index is 1.89. The molecule has 0 unspecified atom stereocenters. The van der Waals surface area contributed by atoms with Crippen molar-refractivity contribution in [3.63, 3.8) is 0 Å². The molecule has 1 saturated heterocycles. The van der Waals surface area contributed by atoms with Crippen molar-refractivity contribution in [2.24, 2.45) is 5.92 Å². The maximum Gasteiger partial charge on any atom is 0.255 e. The third-order valence-electron chi connectivity index (χ3n) is 7.42. The molecule has 1 fully saturated rings. The highest BCUT2D eigenvalue weighted by molar-refractivity contribution is 6.00. The Labute approximate surface area is 219 Å². The van der Waals surface area contributed by atoms with Crippen LogP contribution in [-0.2, 0) is 14.4 Å². The number of ether oxygens (including phenoxy) is 1. The van der Waals surface area contributed by atoms with E-state index in [2.05, 4.69) is 22.5 Å². The minimum atomic E-state index is -0.872. The van der Waals surface area contributed by atoms with E-state index < -0.39 is 18.0 Å². The number of hydrogen-bond donors (Lipinski definition) is 2. The maximum atomic E-state index is 13.5. The van der Waals surface area contributed by atoms with Crippen LogP contribution in [0, 0.1) is 5.92 Å². The first kappa shape index (κ1) is 28.4. The van der Waals surface area contributed by atoms with Gasteiger partial charge in [-0.15, -0.1) is 0 Å². The summed E-state index contributed by atoms with van der Waals surface area (Å²) in [6, 6.07) is 4.96. The van der Waals surface area contributed by atoms with E-state index in [9.17, 15) is 19.2 Å². The van der Waals surface area contributed by atoms with Gasteiger partial charge in [-0.05, 0) is 37.9 Å². The lowest BCUT2D eigenvalue weighted by atomic mass is 10.0. The molecule has 0 aliphatic carbocycles. The number of rotatable bonds is 3. The second-order valence-electron chi connectivity index (χ2n) is 10.2. The summed E-state index contributed by atoms with van der Waals surface area (Å²) >= 11 is 0. The molecule has 0 spiro atoms. The molecule has 10 heteroatoms. The molecule has 10 nitrogen and oxygen atoms in total. The van der Waals surface area contributed by atoms with Crippen LogP contribution in [0.3, 0.4) is 0 Å². The number of likely N-dealkylation sites (N-methyl/N-ethyl adjacent to an activating group) is 2. The van der Waals surface area contributed by atoms with Crippen molar-refractivity contribution in [1.29, 1.82) is 0 Å². The molecule has 2 aliphatic rings. The van der Waals surface area contributed by atoms with Crippen molar-refractivity contribution in [2.45, 2.75) is 58.7 Å². The van der Waals surface area contributed by atoms with Crippen LogP contribution in [0.5, 0.6) is 5.75 Å². The molecule has 4 amide bonds. The molecule has 2 N–H and O–H groups in total. The van der Waals surface area contributed by atoms with Gasteiger partial charge >= 0.3 is 0 Å². The SMILES string of the molecule is CCN1CCN(C(=O)[C@@H]2CCC(=O)N(C)[C@@H](C)C(=O)N[C@@H](C(C)C)COc3ccccc3C(=O)N2)CC1. The van der Waals surface area contributed by atoms with E-state index in [0.29, 0.717) is 24.4 Å². The molecule has 3 atom stereocenters. The fourth-order valence-corrected chi connectivity index (χ4v) is 4.50. The van der Waals surface area contributed by atoms with Gasteiger partial charge in [0.1, 0.15) is 24.4 Å². The summed E-state index contributed by atoms with van der Waals surface area (Å²) in [5.74, 6) is -0.749. The van der Waals surface area contributed by atoms with Crippen LogP contribution in [0.4, 0.5) is 0 Å². The Morgan fingerprint density at radius 2 is 1.76 bits per heavy atom. The van der Waals surface area contributed by atoms with Crippen molar-refractivity contribution in [1.82, 2.24) is 25.3 Å². The molecule has 0 bridgehead atoms. The Bertz CT molecular complexity index is 976. The van der Waals surface area contributed by atoms with Crippen LogP contribution in [0.15, 0.2) is 24.3 Å². The van der Waals surface area contributed by atoms with E-state index in [1.807, 2.05) is 13.8 Å². The molecule has 1 aromatic rings. The lowest BCUT2D eigenvalue weighted by Crippen LogP contribution is -2.55. The second-order valence-corrected chi connectivity index (χ2v) is 10.2. The molecule has 3 rings (SSSR count). The van der Waals surface area contributed by atoms with Gasteiger partial charge in [0, 0.05) is 39.6 Å². The number of carbonyl (C=O) groups is 4. The molecule has 204 valence electrons. The zero-order chi connectivity index (χ0) is 27.1. The molecule has 0 aromatic heterocycles. The fourth-order valence-electron chi connectivity index (χ4n) is 4.50. The molecule has 0 saturated carbocycles. The van der Waals surface area contributed by atoms with E-state index in [1.165, 1.54) is 4.90 Å². The molecule has 1 aromatic carbocycles. The zero-order valence-electron chi connectivity index (χ0n) is 22.7. The highest BCUT2D eigenvalue weighted by Crippen LogP contribution is 2.20. The second kappa shape index (κ2) is 12.9. The summed E-state index contributed by atoms with van der Waals surface area (Å²) in [5.41, 5.74) is 0.302. The summed E-state index contributed by atoms with van der Waals surface area (Å²) < 4.78 is 6.02. The number of fused-ring (bicyclic) bond motifs is 1. The lowest BCUT2D eigenvalue weighted by molar-refractivity contribution is -0.139. The van der Waals surface area contributed by atoms with Crippen molar-refractivity contribution < 1.29 is 23.9 Å². The number of hydrogen-bond acceptors (Lipinski definition) is 6. The monoisotopic (exact) mass is 515 g/mol. The van der Waals surface area contributed by atoms with Crippen LogP contribution < -0.4 is 15.4 Å². The van der Waals surface area contributed by atoms with Crippen LogP contribution >= 0.6 is 0 Å². The van der Waals surface area contributed by atoms with Crippen molar-refractivity contribution >= 4 is 23.6 Å². The van der Waals surface area contributed by atoms with Crippen molar-refractivity contribution in [2.75, 3.05) is 46.4 Å². The standard InChI is InChI=1S/C27H41N5O5/c1-6-31-13-15-32(16-14-31)27(36)21-11-12-24(33)30(5)19(4)25(34)29-22(18(2)3)17-37-23-10-8-7-9-20(23)26(35)28-21/h7-10,18-19,21-22H,6,11-17H2,1-5H3,(H,28,35)(H,29,34)/t19-,21-,22+/m0/s1. The third kappa shape index (κ3) is 7.21. The summed E-state index contributed by atoms with van der Waals surface area (Å²) in [6.45, 7) is 11.5. The molecule has 0 radical (unpaired) electrons. The van der Waals surface area contributed by atoms with Crippen LogP contribution in [0.25, 0.3) is 0 Å². The molecule has 2 aliphatic heterocycles. The van der Waals surface area contributed by atoms with Gasteiger partial charge in [-0.3, -0.25) is 19.2 Å². The molecule has 2 heterocycles. The minimum absolute atomic E-state index is 0.0193.